The quantitative estimate of drug-likeness (QED) is 0.693. The first-order chi connectivity index (χ1) is 7.52. The molecule has 1 saturated heterocycles. The van der Waals surface area contributed by atoms with E-state index in [1.807, 2.05) is 6.92 Å². The molecule has 1 saturated carbocycles. The number of amides is 1. The van der Waals surface area contributed by atoms with Crippen LogP contribution in [0.4, 0.5) is 0 Å². The molecule has 1 heterocycles. The highest BCUT2D eigenvalue weighted by molar-refractivity contribution is 7.80. The van der Waals surface area contributed by atoms with Gasteiger partial charge in [0.1, 0.15) is 0 Å². The monoisotopic (exact) mass is 241 g/mol. The number of nitrogens with two attached hydrogens (primary N) is 1. The Morgan fingerprint density at radius 3 is 2.94 bits per heavy atom. The van der Waals surface area contributed by atoms with Gasteiger partial charge in [-0.05, 0) is 25.2 Å². The number of nitrogens with zero attached hydrogens (tertiary/aromatic N) is 1. The second kappa shape index (κ2) is 4.30. The Bertz CT molecular complexity index is 314. The Hall–Kier alpha value is -0.680. The first kappa shape index (κ1) is 11.8. The molecule has 2 rings (SSSR count). The van der Waals surface area contributed by atoms with Crippen LogP contribution in [0.5, 0.6) is 0 Å². The maximum absolute atomic E-state index is 11.5. The summed E-state index contributed by atoms with van der Waals surface area (Å²) in [6, 6.07) is -0.0161. The van der Waals surface area contributed by atoms with Crippen LogP contribution < -0.4 is 11.1 Å². The number of carbonyl (C=O) groups excluding carboxylic acids is 1. The fourth-order valence-electron chi connectivity index (χ4n) is 2.41. The van der Waals surface area contributed by atoms with Gasteiger partial charge >= 0.3 is 0 Å². The number of hydrogen-bond donors (Lipinski definition) is 2. The molecule has 0 radical (unpaired) electrons. The van der Waals surface area contributed by atoms with E-state index in [0.29, 0.717) is 4.99 Å². The van der Waals surface area contributed by atoms with Gasteiger partial charge in [-0.2, -0.15) is 0 Å². The van der Waals surface area contributed by atoms with Crippen molar-refractivity contribution >= 4 is 23.1 Å². The Morgan fingerprint density at radius 1 is 1.69 bits per heavy atom. The van der Waals surface area contributed by atoms with Crippen molar-refractivity contribution in [3.8, 4) is 0 Å². The highest BCUT2D eigenvalue weighted by Gasteiger charge is 2.45. The molecule has 1 atom stereocenters. The SMILES string of the molecule is CC1C(=O)NCCN1CC1(CC(N)=S)CC1. The molecule has 0 spiro atoms. The number of carbonyl (C=O) groups is 1. The van der Waals surface area contributed by atoms with E-state index in [2.05, 4.69) is 10.2 Å². The van der Waals surface area contributed by atoms with Crippen LogP contribution >= 0.6 is 12.2 Å². The number of nitrogens with one attached hydrogen (secondary N) is 1. The molecule has 90 valence electrons. The molecule has 1 amide bonds. The number of piperazine rings is 1. The second-order valence-corrected chi connectivity index (χ2v) is 5.60. The van der Waals surface area contributed by atoms with Crippen molar-refractivity contribution in [2.75, 3.05) is 19.6 Å². The normalized spacial score (nSPS) is 28.6. The van der Waals surface area contributed by atoms with E-state index in [-0.39, 0.29) is 17.4 Å². The van der Waals surface area contributed by atoms with Crippen molar-refractivity contribution in [2.24, 2.45) is 11.1 Å². The number of thiocarbonyl (C=S) groups is 1. The van der Waals surface area contributed by atoms with Gasteiger partial charge in [0.25, 0.3) is 0 Å². The molecular weight excluding hydrogens is 222 g/mol. The van der Waals surface area contributed by atoms with E-state index in [1.165, 1.54) is 12.8 Å². The van der Waals surface area contributed by atoms with E-state index >= 15 is 0 Å². The average Bonchev–Trinajstić information content (AvgIpc) is 2.92. The van der Waals surface area contributed by atoms with Crippen LogP contribution in [0.15, 0.2) is 0 Å². The highest BCUT2D eigenvalue weighted by Crippen LogP contribution is 2.49. The van der Waals surface area contributed by atoms with Crippen LogP contribution in [-0.2, 0) is 4.79 Å². The van der Waals surface area contributed by atoms with Gasteiger partial charge in [-0.25, -0.2) is 0 Å². The maximum Gasteiger partial charge on any atom is 0.237 e. The third-order valence-corrected chi connectivity index (χ3v) is 3.81. The summed E-state index contributed by atoms with van der Waals surface area (Å²) in [5, 5.41) is 2.88. The van der Waals surface area contributed by atoms with E-state index in [4.69, 9.17) is 18.0 Å². The summed E-state index contributed by atoms with van der Waals surface area (Å²) in [6.07, 6.45) is 3.21. The molecule has 0 bridgehead atoms. The molecule has 16 heavy (non-hydrogen) atoms. The summed E-state index contributed by atoms with van der Waals surface area (Å²) in [7, 11) is 0. The second-order valence-electron chi connectivity index (χ2n) is 5.08. The zero-order valence-electron chi connectivity index (χ0n) is 9.66. The molecule has 0 aromatic carbocycles. The molecule has 5 heteroatoms. The van der Waals surface area contributed by atoms with Crippen molar-refractivity contribution in [1.82, 2.24) is 10.2 Å². The zero-order valence-corrected chi connectivity index (χ0v) is 10.5. The third-order valence-electron chi connectivity index (χ3n) is 3.67. The lowest BCUT2D eigenvalue weighted by Gasteiger charge is -2.35. The van der Waals surface area contributed by atoms with Crippen molar-refractivity contribution in [2.45, 2.75) is 32.2 Å². The largest absolute Gasteiger partial charge is 0.393 e. The molecule has 2 fully saturated rings. The summed E-state index contributed by atoms with van der Waals surface area (Å²) in [4.78, 5) is 14.4. The van der Waals surface area contributed by atoms with Crippen molar-refractivity contribution < 1.29 is 4.79 Å². The smallest absolute Gasteiger partial charge is 0.237 e. The minimum atomic E-state index is -0.0161. The van der Waals surface area contributed by atoms with Gasteiger partial charge in [0.15, 0.2) is 0 Å². The van der Waals surface area contributed by atoms with E-state index in [0.717, 1.165) is 26.1 Å². The van der Waals surface area contributed by atoms with Crippen LogP contribution in [0.25, 0.3) is 0 Å². The van der Waals surface area contributed by atoms with Gasteiger partial charge in [0.05, 0.1) is 11.0 Å². The predicted octanol–water partition coefficient (Wildman–Crippen LogP) is 0.263. The van der Waals surface area contributed by atoms with Gasteiger partial charge < -0.3 is 11.1 Å². The maximum atomic E-state index is 11.5. The Balaban J connectivity index is 1.93. The Kier molecular flexibility index (Phi) is 3.17. The first-order valence-corrected chi connectivity index (χ1v) is 6.23. The molecule has 0 aromatic heterocycles. The fraction of sp³-hybridized carbons (Fsp3) is 0.818. The highest BCUT2D eigenvalue weighted by atomic mass is 32.1. The van der Waals surface area contributed by atoms with Crippen LogP contribution in [0.3, 0.4) is 0 Å². The minimum absolute atomic E-state index is 0.0161. The summed E-state index contributed by atoms with van der Waals surface area (Å²) >= 11 is 4.98. The lowest BCUT2D eigenvalue weighted by Crippen LogP contribution is -2.55. The lowest BCUT2D eigenvalue weighted by molar-refractivity contribution is -0.128. The molecule has 1 unspecified atom stereocenters. The summed E-state index contributed by atoms with van der Waals surface area (Å²) in [5.41, 5.74) is 5.89. The van der Waals surface area contributed by atoms with Gasteiger partial charge in [-0.15, -0.1) is 0 Å². The number of hydrogen-bond acceptors (Lipinski definition) is 3. The third kappa shape index (κ3) is 2.52. The summed E-state index contributed by atoms with van der Waals surface area (Å²) in [6.45, 7) is 4.61. The van der Waals surface area contributed by atoms with Gasteiger partial charge in [-0.1, -0.05) is 12.2 Å². The van der Waals surface area contributed by atoms with Crippen molar-refractivity contribution in [1.29, 1.82) is 0 Å². The summed E-state index contributed by atoms with van der Waals surface area (Å²) in [5.74, 6) is 0.136. The Morgan fingerprint density at radius 2 is 2.38 bits per heavy atom. The van der Waals surface area contributed by atoms with Crippen LogP contribution in [-0.4, -0.2) is 41.5 Å². The van der Waals surface area contributed by atoms with E-state index in [1.54, 1.807) is 0 Å². The minimum Gasteiger partial charge on any atom is -0.393 e. The molecule has 1 aliphatic heterocycles. The molecule has 3 N–H and O–H groups in total. The molecule has 0 aromatic rings. The average molecular weight is 241 g/mol. The van der Waals surface area contributed by atoms with Crippen molar-refractivity contribution in [3.05, 3.63) is 0 Å². The fourth-order valence-corrected chi connectivity index (χ4v) is 2.72. The topological polar surface area (TPSA) is 58.4 Å². The van der Waals surface area contributed by atoms with Crippen LogP contribution in [0.2, 0.25) is 0 Å². The van der Waals surface area contributed by atoms with Crippen molar-refractivity contribution in [3.63, 3.8) is 0 Å². The van der Waals surface area contributed by atoms with Gasteiger partial charge in [0, 0.05) is 26.1 Å². The molecule has 2 aliphatic rings. The van der Waals surface area contributed by atoms with Gasteiger partial charge in [-0.3, -0.25) is 9.69 Å². The van der Waals surface area contributed by atoms with Gasteiger partial charge in [0.2, 0.25) is 5.91 Å². The molecular formula is C11H19N3OS. The summed E-state index contributed by atoms with van der Waals surface area (Å²) < 4.78 is 0. The number of rotatable bonds is 4. The Labute approximate surface area is 102 Å². The van der Waals surface area contributed by atoms with Crippen LogP contribution in [0.1, 0.15) is 26.2 Å². The molecule has 4 nitrogen and oxygen atoms in total. The lowest BCUT2D eigenvalue weighted by atomic mass is 10.00. The molecule has 1 aliphatic carbocycles. The first-order valence-electron chi connectivity index (χ1n) is 5.82. The van der Waals surface area contributed by atoms with E-state index < -0.39 is 0 Å². The predicted molar refractivity (Wildman–Crippen MR) is 67.1 cm³/mol. The standard InChI is InChI=1S/C11H19N3OS/c1-8-10(15)13-4-5-14(8)7-11(2-3-11)6-9(12)16/h8H,2-7H2,1H3,(H2,12,16)(H,13,15). The zero-order chi connectivity index (χ0) is 11.8. The van der Waals surface area contributed by atoms with E-state index in [9.17, 15) is 4.79 Å². The van der Waals surface area contributed by atoms with Crippen LogP contribution in [0, 0.1) is 5.41 Å².